The van der Waals surface area contributed by atoms with Crippen molar-refractivity contribution in [1.29, 1.82) is 0 Å². The van der Waals surface area contributed by atoms with Gasteiger partial charge in [0, 0.05) is 18.3 Å². The number of pyridine rings is 1. The molecule has 0 radical (unpaired) electrons. The Hall–Kier alpha value is -2.80. The van der Waals surface area contributed by atoms with E-state index >= 15 is 0 Å². The minimum atomic E-state index is 0.536. The highest BCUT2D eigenvalue weighted by Crippen LogP contribution is 2.24. The van der Waals surface area contributed by atoms with Gasteiger partial charge in [0.2, 0.25) is 5.95 Å². The van der Waals surface area contributed by atoms with Crippen LogP contribution in [-0.4, -0.2) is 51.8 Å². The van der Waals surface area contributed by atoms with Gasteiger partial charge in [0.15, 0.2) is 5.65 Å². The first-order chi connectivity index (χ1) is 15.8. The molecule has 2 fully saturated rings. The maximum atomic E-state index is 5.89. The fourth-order valence-electron chi connectivity index (χ4n) is 4.41. The van der Waals surface area contributed by atoms with Crippen molar-refractivity contribution < 1.29 is 4.74 Å². The quantitative estimate of drug-likeness (QED) is 0.498. The van der Waals surface area contributed by atoms with E-state index in [0.717, 1.165) is 36.1 Å². The van der Waals surface area contributed by atoms with Crippen molar-refractivity contribution in [1.82, 2.24) is 19.5 Å². The van der Waals surface area contributed by atoms with Crippen LogP contribution in [0.4, 0.5) is 17.5 Å². The summed E-state index contributed by atoms with van der Waals surface area (Å²) < 4.78 is 7.77. The molecule has 3 aromatic rings. The van der Waals surface area contributed by atoms with Crippen LogP contribution in [0.1, 0.15) is 52.4 Å². The fraction of sp³-hybridized carbons (Fsp3) is 0.520. The summed E-state index contributed by atoms with van der Waals surface area (Å²) in [4.78, 5) is 7.08. The molecule has 0 unspecified atom stereocenters. The van der Waals surface area contributed by atoms with Gasteiger partial charge in [0.25, 0.3) is 0 Å². The Kier molecular flexibility index (Phi) is 7.82. The van der Waals surface area contributed by atoms with Crippen LogP contribution in [-0.2, 0) is 0 Å². The highest BCUT2D eigenvalue weighted by atomic mass is 16.5. The van der Waals surface area contributed by atoms with Crippen molar-refractivity contribution in [3.63, 3.8) is 0 Å². The molecule has 1 saturated carbocycles. The summed E-state index contributed by atoms with van der Waals surface area (Å²) >= 11 is 0. The van der Waals surface area contributed by atoms with Gasteiger partial charge in [-0.3, -0.25) is 4.90 Å². The predicted molar refractivity (Wildman–Crippen MR) is 131 cm³/mol. The summed E-state index contributed by atoms with van der Waals surface area (Å²) in [6, 6.07) is 14.6. The largest absolute Gasteiger partial charge is 0.492 e. The van der Waals surface area contributed by atoms with E-state index < -0.39 is 0 Å². The van der Waals surface area contributed by atoms with Crippen LogP contribution < -0.4 is 15.4 Å². The van der Waals surface area contributed by atoms with Crippen molar-refractivity contribution in [2.45, 2.75) is 58.4 Å². The first-order valence-corrected chi connectivity index (χ1v) is 12.2. The second-order valence-corrected chi connectivity index (χ2v) is 8.29. The van der Waals surface area contributed by atoms with Gasteiger partial charge in [-0.2, -0.15) is 9.50 Å². The third-order valence-corrected chi connectivity index (χ3v) is 6.05. The van der Waals surface area contributed by atoms with Crippen LogP contribution in [0, 0.1) is 0 Å². The molecule has 2 N–H and O–H groups in total. The third-order valence-electron chi connectivity index (χ3n) is 6.05. The molecule has 0 atom stereocenters. The van der Waals surface area contributed by atoms with Gasteiger partial charge < -0.3 is 15.4 Å². The van der Waals surface area contributed by atoms with E-state index in [2.05, 4.69) is 31.7 Å². The molecule has 172 valence electrons. The van der Waals surface area contributed by atoms with Crippen molar-refractivity contribution in [3.8, 4) is 5.75 Å². The number of aromatic nitrogens is 3. The number of fused-ring (bicyclic) bond motifs is 1. The Morgan fingerprint density at radius 1 is 0.969 bits per heavy atom. The van der Waals surface area contributed by atoms with Gasteiger partial charge in [-0.05, 0) is 75.2 Å². The average molecular weight is 437 g/mol. The molecular formula is C25H36N6O. The van der Waals surface area contributed by atoms with Crippen LogP contribution >= 0.6 is 0 Å². The molecule has 32 heavy (non-hydrogen) atoms. The van der Waals surface area contributed by atoms with Gasteiger partial charge in [-0.1, -0.05) is 32.8 Å². The minimum Gasteiger partial charge on any atom is -0.492 e. The second kappa shape index (κ2) is 11.2. The van der Waals surface area contributed by atoms with E-state index in [4.69, 9.17) is 4.74 Å². The van der Waals surface area contributed by atoms with Crippen molar-refractivity contribution >= 4 is 23.1 Å². The number of benzene rings is 1. The highest BCUT2D eigenvalue weighted by Gasteiger charge is 2.16. The molecule has 0 amide bonds. The SMILES string of the molecule is CC.c1cc(NC2CCCC2)n2nc(Nc3ccc(OCCN4CCCC4)cc3)nc2c1. The lowest BCUT2D eigenvalue weighted by atomic mass is 10.2. The predicted octanol–water partition coefficient (Wildman–Crippen LogP) is 5.33. The van der Waals surface area contributed by atoms with E-state index in [0.29, 0.717) is 12.0 Å². The molecule has 1 aliphatic heterocycles. The van der Waals surface area contributed by atoms with E-state index in [9.17, 15) is 0 Å². The molecule has 5 rings (SSSR count). The molecule has 7 nitrogen and oxygen atoms in total. The summed E-state index contributed by atoms with van der Waals surface area (Å²) in [7, 11) is 0. The Labute approximate surface area is 191 Å². The van der Waals surface area contributed by atoms with Gasteiger partial charge in [-0.15, -0.1) is 5.10 Å². The zero-order valence-corrected chi connectivity index (χ0v) is 19.4. The maximum Gasteiger partial charge on any atom is 0.247 e. The summed E-state index contributed by atoms with van der Waals surface area (Å²) in [5, 5.41) is 11.6. The van der Waals surface area contributed by atoms with Gasteiger partial charge >= 0.3 is 0 Å². The first-order valence-electron chi connectivity index (χ1n) is 12.2. The zero-order chi connectivity index (χ0) is 22.2. The summed E-state index contributed by atoms with van der Waals surface area (Å²) in [6.45, 7) is 8.15. The molecule has 1 saturated heterocycles. The second-order valence-electron chi connectivity index (χ2n) is 8.29. The lowest BCUT2D eigenvalue weighted by Gasteiger charge is -2.15. The number of ether oxygens (including phenoxy) is 1. The van der Waals surface area contributed by atoms with Gasteiger partial charge in [0.05, 0.1) is 0 Å². The van der Waals surface area contributed by atoms with E-state index in [1.807, 2.05) is 54.8 Å². The highest BCUT2D eigenvalue weighted by molar-refractivity contribution is 5.58. The molecule has 0 bridgehead atoms. The number of hydrogen-bond donors (Lipinski definition) is 2. The Morgan fingerprint density at radius 2 is 1.72 bits per heavy atom. The number of anilines is 3. The lowest BCUT2D eigenvalue weighted by molar-refractivity contribution is 0.238. The lowest BCUT2D eigenvalue weighted by Crippen LogP contribution is -2.25. The topological polar surface area (TPSA) is 66.7 Å². The van der Waals surface area contributed by atoms with E-state index in [1.165, 1.54) is 51.6 Å². The molecule has 7 heteroatoms. The average Bonchev–Trinajstić information content (AvgIpc) is 3.59. The molecular weight excluding hydrogens is 400 g/mol. The Bertz CT molecular complexity index is 958. The smallest absolute Gasteiger partial charge is 0.247 e. The minimum absolute atomic E-state index is 0.536. The Balaban J connectivity index is 0.00000119. The molecule has 1 aromatic carbocycles. The molecule has 2 aromatic heterocycles. The van der Waals surface area contributed by atoms with E-state index in [1.54, 1.807) is 0 Å². The monoisotopic (exact) mass is 436 g/mol. The zero-order valence-electron chi connectivity index (χ0n) is 19.4. The summed E-state index contributed by atoms with van der Waals surface area (Å²) in [5.41, 5.74) is 1.78. The van der Waals surface area contributed by atoms with Crippen LogP contribution in [0.15, 0.2) is 42.5 Å². The maximum absolute atomic E-state index is 5.89. The normalized spacial score (nSPS) is 16.7. The van der Waals surface area contributed by atoms with Crippen LogP contribution in [0.3, 0.4) is 0 Å². The van der Waals surface area contributed by atoms with Crippen LogP contribution in [0.5, 0.6) is 5.75 Å². The fourth-order valence-corrected chi connectivity index (χ4v) is 4.41. The number of nitrogens with one attached hydrogen (secondary N) is 2. The summed E-state index contributed by atoms with van der Waals surface area (Å²) in [6.07, 6.45) is 7.68. The molecule has 0 spiro atoms. The van der Waals surface area contributed by atoms with Gasteiger partial charge in [0.1, 0.15) is 18.2 Å². The molecule has 2 aliphatic rings. The first kappa shape index (κ1) is 22.4. The summed E-state index contributed by atoms with van der Waals surface area (Å²) in [5.74, 6) is 2.49. The van der Waals surface area contributed by atoms with Crippen LogP contribution in [0.25, 0.3) is 5.65 Å². The standard InChI is InChI=1S/C23H30N6O.C2H6/c1-2-7-18(6-1)24-21-8-5-9-22-26-23(27-29(21)22)25-19-10-12-20(13-11-19)30-17-16-28-14-3-4-15-28;1-2/h5,8-13,18,24H,1-4,6-7,14-17H2,(H,25,27);1-2H3. The van der Waals surface area contributed by atoms with Crippen molar-refractivity contribution in [2.75, 3.05) is 36.9 Å². The van der Waals surface area contributed by atoms with Crippen molar-refractivity contribution in [2.24, 2.45) is 0 Å². The van der Waals surface area contributed by atoms with Crippen LogP contribution in [0.2, 0.25) is 0 Å². The van der Waals surface area contributed by atoms with Crippen molar-refractivity contribution in [3.05, 3.63) is 42.5 Å². The number of rotatable bonds is 8. The molecule has 3 heterocycles. The third kappa shape index (κ3) is 5.71. The van der Waals surface area contributed by atoms with Gasteiger partial charge in [-0.25, -0.2) is 0 Å². The Morgan fingerprint density at radius 3 is 2.47 bits per heavy atom. The number of nitrogens with zero attached hydrogens (tertiary/aromatic N) is 4. The number of hydrogen-bond acceptors (Lipinski definition) is 6. The molecule has 1 aliphatic carbocycles. The number of likely N-dealkylation sites (tertiary alicyclic amines) is 1. The van der Waals surface area contributed by atoms with E-state index in [-0.39, 0.29) is 0 Å².